The van der Waals surface area contributed by atoms with Crippen LogP contribution in [0.15, 0.2) is 40.5 Å². The number of benzene rings is 1. The van der Waals surface area contributed by atoms with E-state index in [1.54, 1.807) is 14.0 Å². The Labute approximate surface area is 106 Å². The van der Waals surface area contributed by atoms with E-state index in [0.717, 1.165) is 5.56 Å². The van der Waals surface area contributed by atoms with Crippen molar-refractivity contribution in [1.29, 1.82) is 0 Å². The Balaban J connectivity index is 3.01. The van der Waals surface area contributed by atoms with Crippen molar-refractivity contribution >= 4 is 28.8 Å². The summed E-state index contributed by atoms with van der Waals surface area (Å²) >= 11 is 4.95. The molecule has 0 aliphatic rings. The van der Waals surface area contributed by atoms with Crippen LogP contribution in [0.5, 0.6) is 0 Å². The summed E-state index contributed by atoms with van der Waals surface area (Å²) in [5, 5.41) is 11.0. The van der Waals surface area contributed by atoms with Crippen LogP contribution < -0.4 is 16.6 Å². The van der Waals surface area contributed by atoms with Gasteiger partial charge in [-0.25, -0.2) is 0 Å². The molecule has 1 rings (SSSR count). The van der Waals surface area contributed by atoms with E-state index in [2.05, 4.69) is 20.9 Å². The Morgan fingerprint density at radius 1 is 1.29 bits per heavy atom. The average molecular weight is 249 g/mol. The van der Waals surface area contributed by atoms with Gasteiger partial charge < -0.3 is 11.2 Å². The first-order valence-electron chi connectivity index (χ1n) is 5.04. The molecule has 0 radical (unpaired) electrons. The largest absolute Gasteiger partial charge is 0.364 e. The van der Waals surface area contributed by atoms with E-state index in [9.17, 15) is 0 Å². The quantitative estimate of drug-likeness (QED) is 0.321. The van der Waals surface area contributed by atoms with Crippen LogP contribution in [0.3, 0.4) is 0 Å². The van der Waals surface area contributed by atoms with Crippen molar-refractivity contribution in [3.05, 3.63) is 35.9 Å². The van der Waals surface area contributed by atoms with Crippen molar-refractivity contribution in [2.45, 2.75) is 6.92 Å². The number of hydrogen-bond donors (Lipinski definition) is 3. The van der Waals surface area contributed by atoms with Gasteiger partial charge in [0.25, 0.3) is 0 Å². The SMILES string of the molecule is CNC(=S)N/N=C(\C(C)=N/N)c1ccccc1. The van der Waals surface area contributed by atoms with Gasteiger partial charge in [-0.15, -0.1) is 0 Å². The average Bonchev–Trinajstić information content (AvgIpc) is 2.39. The van der Waals surface area contributed by atoms with Crippen LogP contribution in [-0.2, 0) is 0 Å². The second-order valence-corrected chi connectivity index (χ2v) is 3.64. The molecule has 1 aromatic carbocycles. The lowest BCUT2D eigenvalue weighted by molar-refractivity contribution is 0.978. The van der Waals surface area contributed by atoms with Crippen LogP contribution in [0.2, 0.25) is 0 Å². The number of hydrazone groups is 2. The lowest BCUT2D eigenvalue weighted by Crippen LogP contribution is -2.30. The highest BCUT2D eigenvalue weighted by molar-refractivity contribution is 7.80. The third-order valence-corrected chi connectivity index (χ3v) is 2.38. The monoisotopic (exact) mass is 249 g/mol. The maximum absolute atomic E-state index is 5.28. The third-order valence-electron chi connectivity index (χ3n) is 2.08. The summed E-state index contributed by atoms with van der Waals surface area (Å²) in [5.41, 5.74) is 4.93. The zero-order valence-corrected chi connectivity index (χ0v) is 10.6. The summed E-state index contributed by atoms with van der Waals surface area (Å²) in [6.45, 7) is 1.79. The molecule has 0 amide bonds. The zero-order valence-electron chi connectivity index (χ0n) is 9.77. The molecule has 90 valence electrons. The Morgan fingerprint density at radius 3 is 2.47 bits per heavy atom. The molecule has 0 bridgehead atoms. The van der Waals surface area contributed by atoms with Crippen LogP contribution in [0.25, 0.3) is 0 Å². The molecule has 0 aliphatic carbocycles. The van der Waals surface area contributed by atoms with Gasteiger partial charge >= 0.3 is 0 Å². The molecule has 0 heterocycles. The first-order chi connectivity index (χ1) is 8.19. The Kier molecular flexibility index (Phi) is 5.09. The Hall–Kier alpha value is -1.95. The van der Waals surface area contributed by atoms with E-state index in [-0.39, 0.29) is 0 Å². The van der Waals surface area contributed by atoms with Gasteiger partial charge in [0.05, 0.1) is 5.71 Å². The Bertz CT molecular complexity index is 438. The van der Waals surface area contributed by atoms with E-state index >= 15 is 0 Å². The number of nitrogens with one attached hydrogen (secondary N) is 2. The highest BCUT2D eigenvalue weighted by Gasteiger charge is 2.07. The van der Waals surface area contributed by atoms with Crippen LogP contribution in [-0.4, -0.2) is 23.6 Å². The molecule has 0 unspecified atom stereocenters. The molecule has 0 saturated carbocycles. The van der Waals surface area contributed by atoms with E-state index < -0.39 is 0 Å². The molecule has 0 fully saturated rings. The lowest BCUT2D eigenvalue weighted by Gasteiger charge is -2.07. The predicted molar refractivity (Wildman–Crippen MR) is 75.1 cm³/mol. The lowest BCUT2D eigenvalue weighted by atomic mass is 10.1. The summed E-state index contributed by atoms with van der Waals surface area (Å²) in [6, 6.07) is 9.63. The number of hydrogen-bond acceptors (Lipinski definition) is 4. The van der Waals surface area contributed by atoms with Gasteiger partial charge in [-0.3, -0.25) is 5.43 Å². The van der Waals surface area contributed by atoms with Crippen LogP contribution in [0.4, 0.5) is 0 Å². The fourth-order valence-corrected chi connectivity index (χ4v) is 1.22. The summed E-state index contributed by atoms with van der Waals surface area (Å²) in [6.07, 6.45) is 0. The molecule has 0 atom stereocenters. The fourth-order valence-electron chi connectivity index (χ4n) is 1.17. The number of rotatable bonds is 3. The summed E-state index contributed by atoms with van der Waals surface area (Å²) in [4.78, 5) is 0. The van der Waals surface area contributed by atoms with Crippen molar-refractivity contribution in [3.8, 4) is 0 Å². The number of nitrogens with two attached hydrogens (primary N) is 1. The van der Waals surface area contributed by atoms with Crippen molar-refractivity contribution < 1.29 is 0 Å². The van der Waals surface area contributed by atoms with Gasteiger partial charge in [0, 0.05) is 12.6 Å². The van der Waals surface area contributed by atoms with Crippen LogP contribution in [0.1, 0.15) is 12.5 Å². The van der Waals surface area contributed by atoms with Crippen LogP contribution in [0, 0.1) is 0 Å². The molecule has 6 heteroatoms. The van der Waals surface area contributed by atoms with Crippen molar-refractivity contribution in [2.24, 2.45) is 16.0 Å². The number of thiocarbonyl (C=S) groups is 1. The summed E-state index contributed by atoms with van der Waals surface area (Å²) < 4.78 is 0. The number of nitrogens with zero attached hydrogens (tertiary/aromatic N) is 2. The topological polar surface area (TPSA) is 74.8 Å². The summed E-state index contributed by atoms with van der Waals surface area (Å²) in [5.74, 6) is 5.28. The Morgan fingerprint density at radius 2 is 1.94 bits per heavy atom. The molecule has 0 saturated heterocycles. The van der Waals surface area contributed by atoms with Gasteiger partial charge in [-0.2, -0.15) is 10.2 Å². The van der Waals surface area contributed by atoms with Gasteiger partial charge in [0.15, 0.2) is 5.11 Å². The van der Waals surface area contributed by atoms with Gasteiger partial charge in [-0.1, -0.05) is 30.3 Å². The molecular formula is C11H15N5S. The highest BCUT2D eigenvalue weighted by Crippen LogP contribution is 2.02. The molecule has 0 aliphatic heterocycles. The minimum Gasteiger partial charge on any atom is -0.364 e. The second-order valence-electron chi connectivity index (χ2n) is 3.23. The predicted octanol–water partition coefficient (Wildman–Crippen LogP) is 0.819. The smallest absolute Gasteiger partial charge is 0.186 e. The zero-order chi connectivity index (χ0) is 12.7. The van der Waals surface area contributed by atoms with Crippen molar-refractivity contribution in [1.82, 2.24) is 10.7 Å². The fraction of sp³-hybridized carbons (Fsp3) is 0.182. The first kappa shape index (κ1) is 13.1. The third kappa shape index (κ3) is 3.84. The maximum Gasteiger partial charge on any atom is 0.186 e. The minimum atomic E-state index is 0.434. The molecule has 4 N–H and O–H groups in total. The normalized spacial score (nSPS) is 12.1. The molecule has 1 aromatic rings. The van der Waals surface area contributed by atoms with Gasteiger partial charge in [-0.05, 0) is 19.1 Å². The van der Waals surface area contributed by atoms with Crippen molar-refractivity contribution in [3.63, 3.8) is 0 Å². The van der Waals surface area contributed by atoms with E-state index in [4.69, 9.17) is 18.1 Å². The molecule has 0 aromatic heterocycles. The van der Waals surface area contributed by atoms with Crippen LogP contribution >= 0.6 is 12.2 Å². The van der Waals surface area contributed by atoms with E-state index in [1.807, 2.05) is 30.3 Å². The first-order valence-corrected chi connectivity index (χ1v) is 5.45. The highest BCUT2D eigenvalue weighted by atomic mass is 32.1. The standard InChI is InChI=1S/C11H15N5S/c1-8(14-12)10(15-16-11(17)13-2)9-6-4-3-5-7-9/h3-7H,12H2,1-2H3,(H2,13,16,17)/b14-8-,15-10+. The van der Waals surface area contributed by atoms with Gasteiger partial charge in [0.1, 0.15) is 5.71 Å². The maximum atomic E-state index is 5.28. The van der Waals surface area contributed by atoms with Gasteiger partial charge in [0.2, 0.25) is 0 Å². The molecule has 17 heavy (non-hydrogen) atoms. The summed E-state index contributed by atoms with van der Waals surface area (Å²) in [7, 11) is 1.72. The van der Waals surface area contributed by atoms with E-state index in [1.165, 1.54) is 0 Å². The molecular weight excluding hydrogens is 234 g/mol. The van der Waals surface area contributed by atoms with Crippen molar-refractivity contribution in [2.75, 3.05) is 7.05 Å². The molecule has 0 spiro atoms. The van der Waals surface area contributed by atoms with E-state index in [0.29, 0.717) is 16.5 Å². The molecule has 5 nitrogen and oxygen atoms in total. The second kappa shape index (κ2) is 6.59. The minimum absolute atomic E-state index is 0.434.